The van der Waals surface area contributed by atoms with Gasteiger partial charge in [-0.15, -0.1) is 0 Å². The van der Waals surface area contributed by atoms with Crippen molar-refractivity contribution in [3.63, 3.8) is 0 Å². The van der Waals surface area contributed by atoms with Gasteiger partial charge in [0.25, 0.3) is 0 Å². The molecule has 0 unspecified atom stereocenters. The third-order valence-electron chi connectivity index (χ3n) is 4.35. The van der Waals surface area contributed by atoms with Gasteiger partial charge in [0.15, 0.2) is 12.0 Å². The molecule has 0 saturated carbocycles. The van der Waals surface area contributed by atoms with Gasteiger partial charge in [0, 0.05) is 19.8 Å². The smallest absolute Gasteiger partial charge is 0.358 e. The van der Waals surface area contributed by atoms with E-state index in [1.165, 1.54) is 0 Å². The zero-order valence-corrected chi connectivity index (χ0v) is 16.0. The van der Waals surface area contributed by atoms with Crippen molar-refractivity contribution in [1.29, 1.82) is 0 Å². The predicted octanol–water partition coefficient (Wildman–Crippen LogP) is 1.83. The minimum Gasteiger partial charge on any atom is -0.461 e. The van der Waals surface area contributed by atoms with Crippen molar-refractivity contribution in [3.8, 4) is 5.69 Å². The molecule has 27 heavy (non-hydrogen) atoms. The Labute approximate surface area is 158 Å². The molecule has 8 nitrogen and oxygen atoms in total. The van der Waals surface area contributed by atoms with E-state index >= 15 is 0 Å². The summed E-state index contributed by atoms with van der Waals surface area (Å²) in [6.45, 7) is 4.83. The van der Waals surface area contributed by atoms with Crippen molar-refractivity contribution in [2.24, 2.45) is 4.99 Å². The molecular formula is C19H24N4O4. The van der Waals surface area contributed by atoms with Crippen molar-refractivity contribution in [1.82, 2.24) is 14.9 Å². The van der Waals surface area contributed by atoms with E-state index in [9.17, 15) is 4.79 Å². The van der Waals surface area contributed by atoms with E-state index in [2.05, 4.69) is 21.4 Å². The Hall–Kier alpha value is -2.71. The predicted molar refractivity (Wildman–Crippen MR) is 100 cm³/mol. The van der Waals surface area contributed by atoms with E-state index in [4.69, 9.17) is 14.2 Å². The van der Waals surface area contributed by atoms with Crippen molar-refractivity contribution >= 4 is 11.8 Å². The summed E-state index contributed by atoms with van der Waals surface area (Å²) in [5.74, 6) is 0.275. The molecule has 1 aromatic heterocycles. The molecule has 8 heteroatoms. The molecule has 0 bridgehead atoms. The number of carbonyl (C=O) groups excluding carboxylic acids is 1. The van der Waals surface area contributed by atoms with Crippen LogP contribution in [0.1, 0.15) is 34.2 Å². The molecule has 2 aromatic rings. The molecule has 2 heterocycles. The number of amidine groups is 1. The van der Waals surface area contributed by atoms with Crippen molar-refractivity contribution in [3.05, 3.63) is 47.0 Å². The maximum Gasteiger partial charge on any atom is 0.358 e. The number of ether oxygens (including phenoxy) is 3. The number of rotatable bonds is 6. The average molecular weight is 372 g/mol. The van der Waals surface area contributed by atoms with Gasteiger partial charge >= 0.3 is 5.97 Å². The number of carbonyl (C=O) groups is 1. The lowest BCUT2D eigenvalue weighted by Gasteiger charge is -2.17. The molecule has 0 spiro atoms. The lowest BCUT2D eigenvalue weighted by Crippen LogP contribution is -2.35. The summed E-state index contributed by atoms with van der Waals surface area (Å²) < 4.78 is 17.5. The van der Waals surface area contributed by atoms with Gasteiger partial charge in [-0.3, -0.25) is 9.56 Å². The molecule has 0 radical (unpaired) electrons. The van der Waals surface area contributed by atoms with Gasteiger partial charge in [-0.25, -0.2) is 9.78 Å². The third kappa shape index (κ3) is 3.86. The van der Waals surface area contributed by atoms with Crippen LogP contribution in [-0.2, 0) is 20.8 Å². The molecule has 1 aliphatic heterocycles. The summed E-state index contributed by atoms with van der Waals surface area (Å²) in [5.41, 5.74) is 3.92. The number of fused-ring (bicyclic) bond motifs is 3. The lowest BCUT2D eigenvalue weighted by atomic mass is 10.1. The molecule has 144 valence electrons. The van der Waals surface area contributed by atoms with E-state index < -0.39 is 5.97 Å². The third-order valence-corrected chi connectivity index (χ3v) is 4.35. The van der Waals surface area contributed by atoms with Crippen LogP contribution in [0.3, 0.4) is 0 Å². The van der Waals surface area contributed by atoms with Crippen LogP contribution in [0.25, 0.3) is 5.69 Å². The Kier molecular flexibility index (Phi) is 5.88. The summed E-state index contributed by atoms with van der Waals surface area (Å²) in [6, 6.07) is 6.06. The zero-order valence-electron chi connectivity index (χ0n) is 16.0. The fourth-order valence-corrected chi connectivity index (χ4v) is 2.99. The molecule has 0 atom stereocenters. The monoisotopic (exact) mass is 372 g/mol. The Bertz CT molecular complexity index is 855. The standard InChI is InChI=1S/C19H24N4O4/c1-5-27-19(24)17-15-9-20-18(21-10-16(25-3)26-4)13-8-12(2)6-7-14(13)23(15)11-22-17/h6-8,11,16H,5,9-10H2,1-4H3,(H,20,21). The van der Waals surface area contributed by atoms with Crippen LogP contribution in [0.4, 0.5) is 0 Å². The van der Waals surface area contributed by atoms with E-state index in [1.807, 2.05) is 23.6 Å². The molecule has 0 amide bonds. The number of imidazole rings is 1. The SMILES string of the molecule is CCOC(=O)c1ncn2c1CN=C(NCC(OC)OC)c1cc(C)ccc1-2. The first kappa shape index (κ1) is 19.1. The lowest BCUT2D eigenvalue weighted by molar-refractivity contribution is -0.0965. The highest BCUT2D eigenvalue weighted by Crippen LogP contribution is 2.25. The summed E-state index contributed by atoms with van der Waals surface area (Å²) in [4.78, 5) is 21.2. The normalized spacial score (nSPS) is 12.9. The molecule has 0 fully saturated rings. The Morgan fingerprint density at radius 1 is 1.33 bits per heavy atom. The Morgan fingerprint density at radius 3 is 2.81 bits per heavy atom. The molecular weight excluding hydrogens is 348 g/mol. The minimum absolute atomic E-state index is 0.292. The number of aromatic nitrogens is 2. The van der Waals surface area contributed by atoms with E-state index in [-0.39, 0.29) is 6.29 Å². The summed E-state index contributed by atoms with van der Waals surface area (Å²) in [6.07, 6.45) is 1.25. The number of hydrogen-bond donors (Lipinski definition) is 1. The molecule has 1 N–H and O–H groups in total. The Balaban J connectivity index is 2.01. The first-order chi connectivity index (χ1) is 13.1. The summed E-state index contributed by atoms with van der Waals surface area (Å²) in [5, 5.41) is 3.30. The maximum absolute atomic E-state index is 12.2. The molecule has 3 rings (SSSR count). The zero-order chi connectivity index (χ0) is 19.4. The molecule has 1 aromatic carbocycles. The van der Waals surface area contributed by atoms with Gasteiger partial charge in [0.05, 0.1) is 31.1 Å². The quantitative estimate of drug-likeness (QED) is 0.615. The van der Waals surface area contributed by atoms with Crippen molar-refractivity contribution in [2.75, 3.05) is 27.4 Å². The van der Waals surface area contributed by atoms with Crippen LogP contribution >= 0.6 is 0 Å². The number of esters is 1. The van der Waals surface area contributed by atoms with E-state index in [0.717, 1.165) is 16.8 Å². The largest absolute Gasteiger partial charge is 0.461 e. The summed E-state index contributed by atoms with van der Waals surface area (Å²) >= 11 is 0. The second kappa shape index (κ2) is 8.32. The number of hydrogen-bond acceptors (Lipinski definition) is 7. The molecule has 0 aliphatic carbocycles. The first-order valence-corrected chi connectivity index (χ1v) is 8.77. The average Bonchev–Trinajstić information content (AvgIpc) is 3.02. The van der Waals surface area contributed by atoms with Gasteiger partial charge in [-0.05, 0) is 26.0 Å². The number of benzene rings is 1. The van der Waals surface area contributed by atoms with Gasteiger partial charge in [0.1, 0.15) is 12.2 Å². The number of nitrogens with zero attached hydrogens (tertiary/aromatic N) is 3. The molecule has 0 saturated heterocycles. The van der Waals surface area contributed by atoms with Crippen LogP contribution in [0.15, 0.2) is 29.5 Å². The number of aliphatic imine (C=N–C) groups is 1. The first-order valence-electron chi connectivity index (χ1n) is 8.77. The fraction of sp³-hybridized carbons (Fsp3) is 0.421. The number of methoxy groups -OCH3 is 2. The topological polar surface area (TPSA) is 87.0 Å². The van der Waals surface area contributed by atoms with E-state index in [1.54, 1.807) is 27.5 Å². The van der Waals surface area contributed by atoms with Gasteiger partial charge < -0.3 is 19.5 Å². The van der Waals surface area contributed by atoms with Crippen LogP contribution in [0.2, 0.25) is 0 Å². The van der Waals surface area contributed by atoms with Crippen LogP contribution < -0.4 is 5.32 Å². The second-order valence-electron chi connectivity index (χ2n) is 6.10. The Morgan fingerprint density at radius 2 is 2.11 bits per heavy atom. The minimum atomic E-state index is -0.439. The van der Waals surface area contributed by atoms with E-state index in [0.29, 0.717) is 36.9 Å². The van der Waals surface area contributed by atoms with Gasteiger partial charge in [0.2, 0.25) is 0 Å². The van der Waals surface area contributed by atoms with Crippen LogP contribution in [-0.4, -0.2) is 55.0 Å². The highest BCUT2D eigenvalue weighted by molar-refractivity contribution is 6.03. The van der Waals surface area contributed by atoms with Crippen LogP contribution in [0, 0.1) is 6.92 Å². The second-order valence-corrected chi connectivity index (χ2v) is 6.10. The highest BCUT2D eigenvalue weighted by Gasteiger charge is 2.25. The fourth-order valence-electron chi connectivity index (χ4n) is 2.99. The highest BCUT2D eigenvalue weighted by atomic mass is 16.7. The number of aryl methyl sites for hydroxylation is 1. The molecule has 1 aliphatic rings. The van der Waals surface area contributed by atoms with Gasteiger partial charge in [-0.1, -0.05) is 11.6 Å². The number of nitrogens with one attached hydrogen (secondary N) is 1. The maximum atomic E-state index is 12.2. The van der Waals surface area contributed by atoms with Crippen molar-refractivity contribution in [2.45, 2.75) is 26.7 Å². The van der Waals surface area contributed by atoms with Crippen molar-refractivity contribution < 1.29 is 19.0 Å². The van der Waals surface area contributed by atoms with Gasteiger partial charge in [-0.2, -0.15) is 0 Å². The van der Waals surface area contributed by atoms with Crippen LogP contribution in [0.5, 0.6) is 0 Å². The summed E-state index contributed by atoms with van der Waals surface area (Å²) in [7, 11) is 3.18.